The Kier molecular flexibility index (Phi) is 2.87. The van der Waals surface area contributed by atoms with Gasteiger partial charge in [-0.1, -0.05) is 34.7 Å². The molecule has 22 heavy (non-hydrogen) atoms. The van der Waals surface area contributed by atoms with Crippen molar-refractivity contribution in [3.63, 3.8) is 0 Å². The largest absolute Gasteiger partial charge is 0.389 e. The molecule has 2 heterocycles. The van der Waals surface area contributed by atoms with Crippen LogP contribution in [0.25, 0.3) is 22.1 Å². The molecule has 1 atom stereocenters. The van der Waals surface area contributed by atoms with Crippen molar-refractivity contribution in [1.29, 1.82) is 0 Å². The lowest BCUT2D eigenvalue weighted by Crippen LogP contribution is -2.30. The average molecular weight is 294 g/mol. The Morgan fingerprint density at radius 2 is 1.27 bits per heavy atom. The predicted molar refractivity (Wildman–Crippen MR) is 81.2 cm³/mol. The highest BCUT2D eigenvalue weighted by Gasteiger charge is 2.25. The zero-order chi connectivity index (χ0) is 15.1. The minimum absolute atomic E-state index is 0.514. The second-order valence-electron chi connectivity index (χ2n) is 5.20. The van der Waals surface area contributed by atoms with Crippen LogP contribution in [0.2, 0.25) is 0 Å². The van der Waals surface area contributed by atoms with E-state index in [-0.39, 0.29) is 0 Å². The monoisotopic (exact) mass is 294 g/mol. The molecule has 0 aliphatic rings. The summed E-state index contributed by atoms with van der Waals surface area (Å²) in [6.07, 6.45) is -1.23. The predicted octanol–water partition coefficient (Wildman–Crippen LogP) is 1.60. The molecule has 0 aliphatic heterocycles. The lowest BCUT2D eigenvalue weighted by atomic mass is 10.2. The third-order valence-electron chi connectivity index (χ3n) is 3.69. The molecule has 0 aliphatic carbocycles. The summed E-state index contributed by atoms with van der Waals surface area (Å²) in [5.74, 6) is 0. The Balaban J connectivity index is 1.95. The highest BCUT2D eigenvalue weighted by atomic mass is 16.3. The fraction of sp³-hybridized carbons (Fsp3) is 0.200. The van der Waals surface area contributed by atoms with E-state index in [1.54, 1.807) is 16.3 Å². The van der Waals surface area contributed by atoms with Gasteiger partial charge >= 0.3 is 0 Å². The van der Waals surface area contributed by atoms with Crippen molar-refractivity contribution in [3.05, 3.63) is 48.5 Å². The molecule has 0 amide bonds. The first kappa shape index (κ1) is 12.9. The maximum atomic E-state index is 10.3. The van der Waals surface area contributed by atoms with Crippen molar-refractivity contribution in [2.75, 3.05) is 0 Å². The van der Waals surface area contributed by atoms with E-state index in [0.717, 1.165) is 22.1 Å². The molecule has 2 aromatic carbocycles. The molecule has 110 valence electrons. The van der Waals surface area contributed by atoms with Crippen LogP contribution in [0.15, 0.2) is 48.5 Å². The highest BCUT2D eigenvalue weighted by Crippen LogP contribution is 2.23. The summed E-state index contributed by atoms with van der Waals surface area (Å²) in [6, 6.07) is 15.3. The van der Waals surface area contributed by atoms with Crippen LogP contribution in [0.4, 0.5) is 0 Å². The van der Waals surface area contributed by atoms with Crippen LogP contribution in [0.5, 0.6) is 0 Å². The van der Waals surface area contributed by atoms with E-state index in [0.29, 0.717) is 0 Å². The first-order chi connectivity index (χ1) is 10.8. The van der Waals surface area contributed by atoms with Gasteiger partial charge in [-0.05, 0) is 31.2 Å². The summed E-state index contributed by atoms with van der Waals surface area (Å²) in [5, 5.41) is 27.0. The van der Waals surface area contributed by atoms with Crippen molar-refractivity contribution in [2.45, 2.75) is 19.2 Å². The lowest BCUT2D eigenvalue weighted by Gasteiger charge is -2.21. The minimum Gasteiger partial charge on any atom is -0.389 e. The molecule has 2 aromatic heterocycles. The summed E-state index contributed by atoms with van der Waals surface area (Å²) in [5.41, 5.74) is 3.23. The van der Waals surface area contributed by atoms with Crippen molar-refractivity contribution >= 4 is 22.1 Å². The van der Waals surface area contributed by atoms with Gasteiger partial charge in [0.2, 0.25) is 0 Å². The quantitative estimate of drug-likeness (QED) is 0.620. The summed E-state index contributed by atoms with van der Waals surface area (Å²) < 4.78 is 3.36. The third-order valence-corrected chi connectivity index (χ3v) is 3.69. The molecule has 4 rings (SSSR count). The number of hydrogen-bond acceptors (Lipinski definition) is 5. The van der Waals surface area contributed by atoms with Gasteiger partial charge in [0, 0.05) is 0 Å². The summed E-state index contributed by atoms with van der Waals surface area (Å²) in [4.78, 5) is 0. The molecule has 0 spiro atoms. The molecule has 0 saturated heterocycles. The number of aromatic nitrogens is 6. The molecule has 0 fully saturated rings. The maximum absolute atomic E-state index is 10.3. The van der Waals surface area contributed by atoms with Gasteiger partial charge in [-0.25, -0.2) is 9.36 Å². The Morgan fingerprint density at radius 1 is 0.818 bits per heavy atom. The van der Waals surface area contributed by atoms with Gasteiger partial charge in [0.05, 0.1) is 17.1 Å². The normalized spacial score (nSPS) is 13.2. The van der Waals surface area contributed by atoms with Gasteiger partial charge < -0.3 is 5.11 Å². The van der Waals surface area contributed by atoms with E-state index in [9.17, 15) is 5.11 Å². The standard InChI is InChI=1S/C15H14N6O/c1-10(22)15(20-13-8-4-2-6-11(13)16-18-20)21-14-9-5-3-7-12(14)17-19-21/h2-10,15,22H,1H3. The summed E-state index contributed by atoms with van der Waals surface area (Å²) >= 11 is 0. The molecule has 0 bridgehead atoms. The second kappa shape index (κ2) is 4.88. The number of rotatable bonds is 3. The van der Waals surface area contributed by atoms with E-state index < -0.39 is 12.3 Å². The van der Waals surface area contributed by atoms with E-state index >= 15 is 0 Å². The molecule has 0 saturated carbocycles. The molecular formula is C15H14N6O. The number of aliphatic hydroxyl groups is 1. The van der Waals surface area contributed by atoms with Crippen molar-refractivity contribution in [2.24, 2.45) is 0 Å². The van der Waals surface area contributed by atoms with E-state index in [1.807, 2.05) is 48.5 Å². The van der Waals surface area contributed by atoms with Crippen LogP contribution in [0.3, 0.4) is 0 Å². The van der Waals surface area contributed by atoms with Crippen LogP contribution >= 0.6 is 0 Å². The van der Waals surface area contributed by atoms with Crippen LogP contribution < -0.4 is 0 Å². The van der Waals surface area contributed by atoms with Crippen LogP contribution in [0.1, 0.15) is 13.1 Å². The molecule has 1 N–H and O–H groups in total. The number of fused-ring (bicyclic) bond motifs is 2. The summed E-state index contributed by atoms with van der Waals surface area (Å²) in [7, 11) is 0. The van der Waals surface area contributed by atoms with Gasteiger partial charge in [-0.2, -0.15) is 0 Å². The number of benzene rings is 2. The maximum Gasteiger partial charge on any atom is 0.173 e. The molecule has 7 heteroatoms. The second-order valence-corrected chi connectivity index (χ2v) is 5.20. The van der Waals surface area contributed by atoms with E-state index in [4.69, 9.17) is 0 Å². The van der Waals surface area contributed by atoms with E-state index in [1.165, 1.54) is 0 Å². The van der Waals surface area contributed by atoms with Crippen molar-refractivity contribution in [3.8, 4) is 0 Å². The molecule has 0 radical (unpaired) electrons. The lowest BCUT2D eigenvalue weighted by molar-refractivity contribution is 0.101. The Labute approximate surface area is 125 Å². The molecule has 1 unspecified atom stereocenters. The van der Waals surface area contributed by atoms with Gasteiger partial charge in [0.1, 0.15) is 11.0 Å². The average Bonchev–Trinajstić information content (AvgIpc) is 3.13. The smallest absolute Gasteiger partial charge is 0.173 e. The number of aliphatic hydroxyl groups excluding tert-OH is 1. The molecular weight excluding hydrogens is 280 g/mol. The van der Waals surface area contributed by atoms with Gasteiger partial charge in [-0.15, -0.1) is 10.2 Å². The zero-order valence-corrected chi connectivity index (χ0v) is 11.9. The van der Waals surface area contributed by atoms with Crippen LogP contribution in [-0.2, 0) is 0 Å². The number of hydrogen-bond donors (Lipinski definition) is 1. The number of para-hydroxylation sites is 2. The Morgan fingerprint density at radius 3 is 1.73 bits per heavy atom. The zero-order valence-electron chi connectivity index (χ0n) is 11.9. The Hall–Kier alpha value is -2.80. The summed E-state index contributed by atoms with van der Waals surface area (Å²) in [6.45, 7) is 1.71. The molecule has 7 nitrogen and oxygen atoms in total. The number of nitrogens with zero attached hydrogens (tertiary/aromatic N) is 6. The Bertz CT molecular complexity index is 867. The third kappa shape index (κ3) is 1.86. The van der Waals surface area contributed by atoms with Gasteiger partial charge in [-0.3, -0.25) is 0 Å². The van der Waals surface area contributed by atoms with Gasteiger partial charge in [0.15, 0.2) is 6.17 Å². The topological polar surface area (TPSA) is 81.6 Å². The fourth-order valence-electron chi connectivity index (χ4n) is 2.68. The first-order valence-corrected chi connectivity index (χ1v) is 7.03. The highest BCUT2D eigenvalue weighted by molar-refractivity contribution is 5.75. The fourth-order valence-corrected chi connectivity index (χ4v) is 2.68. The minimum atomic E-state index is -0.713. The van der Waals surface area contributed by atoms with Crippen molar-refractivity contribution in [1.82, 2.24) is 30.0 Å². The van der Waals surface area contributed by atoms with E-state index in [2.05, 4.69) is 20.6 Å². The van der Waals surface area contributed by atoms with Crippen LogP contribution in [-0.4, -0.2) is 41.2 Å². The first-order valence-electron chi connectivity index (χ1n) is 7.03. The molecule has 4 aromatic rings. The van der Waals surface area contributed by atoms with Crippen molar-refractivity contribution < 1.29 is 5.11 Å². The van der Waals surface area contributed by atoms with Gasteiger partial charge in [0.25, 0.3) is 0 Å². The van der Waals surface area contributed by atoms with Crippen LogP contribution in [0, 0.1) is 0 Å². The SMILES string of the molecule is CC(O)C(n1nnc2ccccc21)n1nnc2ccccc21.